The number of ether oxygens (including phenoxy) is 2. The summed E-state index contributed by atoms with van der Waals surface area (Å²) in [6.07, 6.45) is 10.4. The number of aromatic carboxylic acids is 1. The first-order chi connectivity index (χ1) is 18.8. The van der Waals surface area contributed by atoms with Gasteiger partial charge in [-0.3, -0.25) is 0 Å². The first kappa shape index (κ1) is 31.2. The third-order valence-electron chi connectivity index (χ3n) is 6.30. The second-order valence-electron chi connectivity index (χ2n) is 9.26. The Morgan fingerprint density at radius 2 is 1.51 bits per heavy atom. The molecule has 0 aromatic heterocycles. The summed E-state index contributed by atoms with van der Waals surface area (Å²) in [6.45, 7) is 6.76. The van der Waals surface area contributed by atoms with Gasteiger partial charge in [-0.1, -0.05) is 75.4 Å². The lowest BCUT2D eigenvalue weighted by Gasteiger charge is -2.13. The van der Waals surface area contributed by atoms with Gasteiger partial charge in [-0.2, -0.15) is 0 Å². The number of carbonyl (C=O) groups is 2. The first-order valence-corrected chi connectivity index (χ1v) is 13.5. The summed E-state index contributed by atoms with van der Waals surface area (Å²) >= 11 is 0. The molecular formula is C33H41NO5. The molecule has 0 saturated heterocycles. The standard InChI is InChI=1S/C18H26O3.C15H15NO2/c1-3-4-5-6-7-8-15-21-18(19)14-11-16-9-12-17(20-2)13-10-16;1-10-6-5-9-13(11(10)2)16-14-8-4-3-7-12(14)15(17)18/h9-14H,3-8,15H2,1-2H3;3-9,16H,1-2H3,(H,17,18). The quantitative estimate of drug-likeness (QED) is 0.131. The maximum atomic E-state index is 11.5. The van der Waals surface area contributed by atoms with Crippen LogP contribution in [0.15, 0.2) is 72.8 Å². The Balaban J connectivity index is 0.000000276. The van der Waals surface area contributed by atoms with Gasteiger partial charge in [-0.15, -0.1) is 0 Å². The molecule has 0 bridgehead atoms. The molecular weight excluding hydrogens is 490 g/mol. The predicted molar refractivity (Wildman–Crippen MR) is 159 cm³/mol. The Kier molecular flexibility index (Phi) is 13.9. The molecule has 0 aliphatic carbocycles. The number of anilines is 2. The van der Waals surface area contributed by atoms with Crippen LogP contribution < -0.4 is 10.1 Å². The average Bonchev–Trinajstić information content (AvgIpc) is 2.94. The number of esters is 1. The Labute approximate surface area is 232 Å². The highest BCUT2D eigenvalue weighted by atomic mass is 16.5. The zero-order chi connectivity index (χ0) is 28.5. The van der Waals surface area contributed by atoms with Crippen LogP contribution in [0.25, 0.3) is 6.08 Å². The van der Waals surface area contributed by atoms with E-state index in [0.717, 1.165) is 35.4 Å². The van der Waals surface area contributed by atoms with Gasteiger partial charge in [0.15, 0.2) is 0 Å². The molecule has 6 nitrogen and oxygen atoms in total. The number of carboxylic acids is 1. The second-order valence-corrected chi connectivity index (χ2v) is 9.26. The van der Waals surface area contributed by atoms with Crippen molar-refractivity contribution >= 4 is 29.4 Å². The number of carboxylic acid groups (broad SMARTS) is 1. The molecule has 3 aromatic carbocycles. The molecule has 0 aliphatic rings. The Bertz CT molecular complexity index is 1200. The van der Waals surface area contributed by atoms with E-state index in [0.29, 0.717) is 12.3 Å². The van der Waals surface area contributed by atoms with Gasteiger partial charge in [0, 0.05) is 11.8 Å². The summed E-state index contributed by atoms with van der Waals surface area (Å²) in [7, 11) is 1.63. The van der Waals surface area contributed by atoms with E-state index in [4.69, 9.17) is 14.6 Å². The van der Waals surface area contributed by atoms with Gasteiger partial charge in [0.2, 0.25) is 0 Å². The van der Waals surface area contributed by atoms with Crippen molar-refractivity contribution in [2.24, 2.45) is 0 Å². The predicted octanol–water partition coefficient (Wildman–Crippen LogP) is 8.36. The monoisotopic (exact) mass is 531 g/mol. The van der Waals surface area contributed by atoms with Crippen LogP contribution in [-0.2, 0) is 9.53 Å². The van der Waals surface area contributed by atoms with Crippen molar-refractivity contribution in [1.29, 1.82) is 0 Å². The lowest BCUT2D eigenvalue weighted by atomic mass is 10.1. The minimum absolute atomic E-state index is 0.276. The number of benzene rings is 3. The van der Waals surface area contributed by atoms with Crippen molar-refractivity contribution in [3.05, 3.63) is 95.1 Å². The van der Waals surface area contributed by atoms with E-state index in [9.17, 15) is 9.59 Å². The van der Waals surface area contributed by atoms with E-state index in [1.165, 1.54) is 37.3 Å². The van der Waals surface area contributed by atoms with Crippen molar-refractivity contribution in [1.82, 2.24) is 0 Å². The van der Waals surface area contributed by atoms with Crippen LogP contribution in [0.2, 0.25) is 0 Å². The highest BCUT2D eigenvalue weighted by molar-refractivity contribution is 5.95. The zero-order valence-corrected chi connectivity index (χ0v) is 23.5. The maximum Gasteiger partial charge on any atom is 0.337 e. The summed E-state index contributed by atoms with van der Waals surface area (Å²) in [5.41, 5.74) is 5.07. The molecule has 0 amide bonds. The minimum Gasteiger partial charge on any atom is -0.497 e. The van der Waals surface area contributed by atoms with E-state index in [2.05, 4.69) is 12.2 Å². The second kappa shape index (κ2) is 17.4. The number of hydrogen-bond donors (Lipinski definition) is 2. The highest BCUT2D eigenvalue weighted by Gasteiger charge is 2.10. The minimum atomic E-state index is -0.927. The van der Waals surface area contributed by atoms with Crippen LogP contribution in [0.3, 0.4) is 0 Å². The molecule has 0 radical (unpaired) electrons. The Morgan fingerprint density at radius 1 is 0.846 bits per heavy atom. The van der Waals surface area contributed by atoms with Crippen LogP contribution in [-0.4, -0.2) is 30.8 Å². The highest BCUT2D eigenvalue weighted by Crippen LogP contribution is 2.25. The molecule has 0 aliphatic heterocycles. The number of methoxy groups -OCH3 is 1. The molecule has 0 fully saturated rings. The van der Waals surface area contributed by atoms with Crippen LogP contribution in [0.4, 0.5) is 11.4 Å². The lowest BCUT2D eigenvalue weighted by Crippen LogP contribution is -2.03. The van der Waals surface area contributed by atoms with Crippen molar-refractivity contribution in [2.75, 3.05) is 19.0 Å². The van der Waals surface area contributed by atoms with Gasteiger partial charge in [0.05, 0.1) is 25.0 Å². The third-order valence-corrected chi connectivity index (χ3v) is 6.30. The SMILES string of the molecule is CCCCCCCCOC(=O)C=Cc1ccc(OC)cc1.Cc1cccc(Nc2ccccc2C(=O)O)c1C. The van der Waals surface area contributed by atoms with Gasteiger partial charge in [-0.25, -0.2) is 9.59 Å². The largest absolute Gasteiger partial charge is 0.497 e. The number of hydrogen-bond acceptors (Lipinski definition) is 5. The molecule has 6 heteroatoms. The molecule has 0 unspecified atom stereocenters. The summed E-state index contributed by atoms with van der Waals surface area (Å²) in [6, 6.07) is 20.4. The van der Waals surface area contributed by atoms with E-state index >= 15 is 0 Å². The number of aryl methyl sites for hydroxylation is 1. The van der Waals surface area contributed by atoms with Gasteiger partial charge < -0.3 is 19.9 Å². The van der Waals surface area contributed by atoms with E-state index in [-0.39, 0.29) is 11.5 Å². The van der Waals surface area contributed by atoms with E-state index in [1.54, 1.807) is 31.4 Å². The van der Waals surface area contributed by atoms with Crippen molar-refractivity contribution in [3.63, 3.8) is 0 Å². The van der Waals surface area contributed by atoms with Crippen LogP contribution in [0.1, 0.15) is 72.5 Å². The zero-order valence-electron chi connectivity index (χ0n) is 23.5. The molecule has 0 saturated carbocycles. The topological polar surface area (TPSA) is 84.9 Å². The van der Waals surface area contributed by atoms with Crippen molar-refractivity contribution in [2.45, 2.75) is 59.3 Å². The summed E-state index contributed by atoms with van der Waals surface area (Å²) in [5, 5.41) is 12.3. The molecule has 0 spiro atoms. The van der Waals surface area contributed by atoms with Gasteiger partial charge in [0.25, 0.3) is 0 Å². The lowest BCUT2D eigenvalue weighted by molar-refractivity contribution is -0.137. The number of unbranched alkanes of at least 4 members (excludes halogenated alkanes) is 5. The normalized spacial score (nSPS) is 10.5. The van der Waals surface area contributed by atoms with Gasteiger partial charge in [-0.05, 0) is 73.4 Å². The fourth-order valence-corrected chi connectivity index (χ4v) is 3.79. The van der Waals surface area contributed by atoms with Crippen molar-refractivity contribution < 1.29 is 24.2 Å². The van der Waals surface area contributed by atoms with Crippen LogP contribution in [0.5, 0.6) is 5.75 Å². The fraction of sp³-hybridized carbons (Fsp3) is 0.333. The molecule has 3 rings (SSSR count). The first-order valence-electron chi connectivity index (χ1n) is 13.5. The molecule has 3 aromatic rings. The van der Waals surface area contributed by atoms with Crippen LogP contribution in [0, 0.1) is 13.8 Å². The molecule has 0 atom stereocenters. The molecule has 2 N–H and O–H groups in total. The third kappa shape index (κ3) is 11.5. The maximum absolute atomic E-state index is 11.5. The van der Waals surface area contributed by atoms with E-state index in [1.807, 2.05) is 62.4 Å². The van der Waals surface area contributed by atoms with Gasteiger partial charge >= 0.3 is 11.9 Å². The number of rotatable bonds is 13. The Hall–Kier alpha value is -4.06. The summed E-state index contributed by atoms with van der Waals surface area (Å²) in [4.78, 5) is 22.7. The smallest absolute Gasteiger partial charge is 0.337 e. The van der Waals surface area contributed by atoms with Crippen molar-refractivity contribution in [3.8, 4) is 5.75 Å². The molecule has 39 heavy (non-hydrogen) atoms. The number of nitrogens with one attached hydrogen (secondary N) is 1. The van der Waals surface area contributed by atoms with Gasteiger partial charge in [0.1, 0.15) is 5.75 Å². The van der Waals surface area contributed by atoms with Crippen LogP contribution >= 0.6 is 0 Å². The molecule has 0 heterocycles. The average molecular weight is 532 g/mol. The Morgan fingerprint density at radius 3 is 2.21 bits per heavy atom. The molecule has 208 valence electrons. The number of para-hydroxylation sites is 1. The fourth-order valence-electron chi connectivity index (χ4n) is 3.79. The summed E-state index contributed by atoms with van der Waals surface area (Å²) in [5.74, 6) is -0.402. The summed E-state index contributed by atoms with van der Waals surface area (Å²) < 4.78 is 10.2. The van der Waals surface area contributed by atoms with E-state index < -0.39 is 5.97 Å². The number of carbonyl (C=O) groups excluding carboxylic acids is 1.